The lowest BCUT2D eigenvalue weighted by molar-refractivity contribution is -0.151. The summed E-state index contributed by atoms with van der Waals surface area (Å²) in [4.78, 5) is 38.2. The summed E-state index contributed by atoms with van der Waals surface area (Å²) in [6, 6.07) is 12.1. The summed E-state index contributed by atoms with van der Waals surface area (Å²) in [7, 11) is 1.35. The number of rotatable bonds is 7. The van der Waals surface area contributed by atoms with Crippen LogP contribution in [0.2, 0.25) is 0 Å². The van der Waals surface area contributed by atoms with Crippen LogP contribution < -0.4 is 5.32 Å². The van der Waals surface area contributed by atoms with Crippen molar-refractivity contribution in [2.75, 3.05) is 20.3 Å². The molecule has 0 spiro atoms. The molecule has 1 saturated carbocycles. The van der Waals surface area contributed by atoms with Gasteiger partial charge in [-0.2, -0.15) is 0 Å². The Morgan fingerprint density at radius 1 is 1.08 bits per heavy atom. The number of carbonyl (C=O) groups is 2. The molecule has 9 nitrogen and oxygen atoms in total. The third kappa shape index (κ3) is 5.88. The van der Waals surface area contributed by atoms with Gasteiger partial charge in [-0.25, -0.2) is 23.5 Å². The number of hydrogen-bond acceptors (Lipinski definition) is 7. The average molecular weight is 543 g/mol. The maximum atomic E-state index is 13.9. The van der Waals surface area contributed by atoms with Gasteiger partial charge in [0.05, 0.1) is 24.4 Å². The van der Waals surface area contributed by atoms with Crippen LogP contribution in [-0.4, -0.2) is 53.3 Å². The first-order valence-corrected chi connectivity index (χ1v) is 13.2. The Morgan fingerprint density at radius 3 is 2.49 bits per heavy atom. The summed E-state index contributed by atoms with van der Waals surface area (Å²) in [5, 5.41) is 2.86. The summed E-state index contributed by atoms with van der Waals surface area (Å²) in [6.45, 7) is 0.889. The van der Waals surface area contributed by atoms with Crippen LogP contribution in [0.4, 0.5) is 13.6 Å². The number of esters is 1. The van der Waals surface area contributed by atoms with Gasteiger partial charge in [-0.15, -0.1) is 0 Å². The van der Waals surface area contributed by atoms with Gasteiger partial charge >= 0.3 is 12.1 Å². The molecule has 0 unspecified atom stereocenters. The molecule has 0 bridgehead atoms. The highest BCUT2D eigenvalue weighted by Gasteiger charge is 2.45. The molecule has 3 heterocycles. The molecule has 1 saturated heterocycles. The molecule has 2 aromatic heterocycles. The molecule has 1 aliphatic heterocycles. The van der Waals surface area contributed by atoms with Gasteiger partial charge in [0.15, 0.2) is 5.65 Å². The number of fused-ring (bicyclic) bond motifs is 1. The van der Waals surface area contributed by atoms with Crippen molar-refractivity contribution in [2.24, 2.45) is 5.92 Å². The van der Waals surface area contributed by atoms with Gasteiger partial charge in [0.25, 0.3) is 0 Å². The number of alkyl halides is 2. The first-order valence-electron chi connectivity index (χ1n) is 13.2. The molecule has 39 heavy (non-hydrogen) atoms. The second-order valence-corrected chi connectivity index (χ2v) is 10.3. The highest BCUT2D eigenvalue weighted by atomic mass is 19.3. The van der Waals surface area contributed by atoms with Gasteiger partial charge in [-0.05, 0) is 49.3 Å². The van der Waals surface area contributed by atoms with E-state index in [-0.39, 0.29) is 44.2 Å². The minimum atomic E-state index is -2.72. The van der Waals surface area contributed by atoms with Gasteiger partial charge in [-0.3, -0.25) is 4.79 Å². The van der Waals surface area contributed by atoms with Gasteiger partial charge in [0.2, 0.25) is 5.92 Å². The topological polar surface area (TPSA) is 115 Å². The van der Waals surface area contributed by atoms with Crippen LogP contribution in [0.3, 0.4) is 0 Å². The van der Waals surface area contributed by atoms with Crippen LogP contribution in [0.25, 0.3) is 11.2 Å². The summed E-state index contributed by atoms with van der Waals surface area (Å²) in [5.74, 6) is -2.96. The van der Waals surface area contributed by atoms with Crippen molar-refractivity contribution in [2.45, 2.75) is 62.5 Å². The van der Waals surface area contributed by atoms with E-state index < -0.39 is 23.5 Å². The molecule has 5 rings (SSSR count). The van der Waals surface area contributed by atoms with Gasteiger partial charge in [0.1, 0.15) is 17.8 Å². The summed E-state index contributed by atoms with van der Waals surface area (Å²) < 4.78 is 43.9. The molecule has 3 aromatic rings. The number of imidazole rings is 1. The number of aromatic amines is 1. The Hall–Kier alpha value is -3.60. The minimum Gasteiger partial charge on any atom is -0.468 e. The first kappa shape index (κ1) is 27.0. The number of ether oxygens (including phenoxy) is 3. The quantitative estimate of drug-likeness (QED) is 0.405. The van der Waals surface area contributed by atoms with Gasteiger partial charge in [0, 0.05) is 26.1 Å². The van der Waals surface area contributed by atoms with E-state index in [4.69, 9.17) is 19.2 Å². The summed E-state index contributed by atoms with van der Waals surface area (Å²) >= 11 is 0. The van der Waals surface area contributed by atoms with Crippen LogP contribution in [0.15, 0.2) is 42.5 Å². The van der Waals surface area contributed by atoms with Crippen molar-refractivity contribution in [1.29, 1.82) is 0 Å². The smallest absolute Gasteiger partial charge is 0.408 e. The Balaban J connectivity index is 1.41. The molecule has 0 radical (unpaired) electrons. The zero-order valence-corrected chi connectivity index (χ0v) is 21.8. The van der Waals surface area contributed by atoms with Crippen molar-refractivity contribution in [3.8, 4) is 0 Å². The lowest BCUT2D eigenvalue weighted by atomic mass is 9.77. The standard InChI is InChI=1S/C28H32F2N4O5/c1-37-25(35)27(13-15-38-16-14-27)21-8-7-20-23(32-21)34-24(31-20)22(19-9-11-28(29,30)12-10-19)33-26(36)39-17-18-5-3-2-4-6-18/h2-8,19,22H,9-17H2,1H3,(H,33,36)(H,31,32,34)/t22-/m0/s1. The van der Waals surface area contributed by atoms with Crippen LogP contribution in [0.5, 0.6) is 0 Å². The number of methoxy groups -OCH3 is 1. The number of H-pyrrole nitrogens is 1. The number of benzene rings is 1. The van der Waals surface area contributed by atoms with E-state index in [1.54, 1.807) is 12.1 Å². The first-order chi connectivity index (χ1) is 18.8. The fourth-order valence-electron chi connectivity index (χ4n) is 5.50. The molecule has 2 fully saturated rings. The van der Waals surface area contributed by atoms with Gasteiger partial charge < -0.3 is 24.5 Å². The van der Waals surface area contributed by atoms with E-state index in [1.165, 1.54) is 7.11 Å². The largest absolute Gasteiger partial charge is 0.468 e. The number of nitrogens with zero attached hydrogens (tertiary/aromatic N) is 2. The lowest BCUT2D eigenvalue weighted by Crippen LogP contribution is -2.42. The Bertz CT molecular complexity index is 1300. The van der Waals surface area contributed by atoms with E-state index in [1.807, 2.05) is 30.3 Å². The molecule has 2 N–H and O–H groups in total. The average Bonchev–Trinajstić information content (AvgIpc) is 3.39. The second-order valence-electron chi connectivity index (χ2n) is 10.3. The Morgan fingerprint density at radius 2 is 1.79 bits per heavy atom. The van der Waals surface area contributed by atoms with Crippen LogP contribution in [0, 0.1) is 5.92 Å². The number of nitrogens with one attached hydrogen (secondary N) is 2. The number of alkyl carbamates (subject to hydrolysis) is 1. The van der Waals surface area contributed by atoms with Crippen molar-refractivity contribution in [3.63, 3.8) is 0 Å². The van der Waals surface area contributed by atoms with Crippen molar-refractivity contribution >= 4 is 23.2 Å². The van der Waals surface area contributed by atoms with Crippen molar-refractivity contribution < 1.29 is 32.6 Å². The minimum absolute atomic E-state index is 0.0759. The SMILES string of the molecule is COC(=O)C1(c2ccc3[nH]c([C@@H](NC(=O)OCc4ccccc4)C4CCC(F)(F)CC4)nc3n2)CCOCC1. The number of amides is 1. The molecule has 208 valence electrons. The highest BCUT2D eigenvalue weighted by Crippen LogP contribution is 2.41. The van der Waals surface area contributed by atoms with Crippen molar-refractivity contribution in [3.05, 3.63) is 59.5 Å². The molecule has 1 amide bonds. The van der Waals surface area contributed by atoms with Crippen LogP contribution in [0.1, 0.15) is 61.6 Å². The molecule has 1 aliphatic carbocycles. The second kappa shape index (κ2) is 11.3. The van der Waals surface area contributed by atoms with Crippen molar-refractivity contribution in [1.82, 2.24) is 20.3 Å². The number of carbonyl (C=O) groups excluding carboxylic acids is 2. The van der Waals surface area contributed by atoms with E-state index in [2.05, 4.69) is 15.3 Å². The maximum Gasteiger partial charge on any atom is 0.408 e. The zero-order chi connectivity index (χ0) is 27.5. The third-order valence-electron chi connectivity index (χ3n) is 7.79. The Labute approximate surface area is 224 Å². The predicted octanol–water partition coefficient (Wildman–Crippen LogP) is 4.97. The molecular weight excluding hydrogens is 510 g/mol. The lowest BCUT2D eigenvalue weighted by Gasteiger charge is -2.33. The summed E-state index contributed by atoms with van der Waals surface area (Å²) in [5.41, 5.74) is 1.39. The van der Waals surface area contributed by atoms with Crippen LogP contribution in [-0.2, 0) is 31.0 Å². The predicted molar refractivity (Wildman–Crippen MR) is 137 cm³/mol. The normalized spacial score (nSPS) is 19.8. The molecule has 1 aromatic carbocycles. The molecule has 1 atom stereocenters. The fourth-order valence-corrected chi connectivity index (χ4v) is 5.50. The van der Waals surface area contributed by atoms with Gasteiger partial charge in [-0.1, -0.05) is 30.3 Å². The third-order valence-corrected chi connectivity index (χ3v) is 7.79. The molecule has 2 aliphatic rings. The molecule has 11 heteroatoms. The monoisotopic (exact) mass is 542 g/mol. The molecular formula is C28H32F2N4O5. The summed E-state index contributed by atoms with van der Waals surface area (Å²) in [6.07, 6.45) is 0.118. The van der Waals surface area contributed by atoms with E-state index in [0.29, 0.717) is 48.7 Å². The highest BCUT2D eigenvalue weighted by molar-refractivity contribution is 5.84. The zero-order valence-electron chi connectivity index (χ0n) is 21.8. The van der Waals surface area contributed by atoms with E-state index in [9.17, 15) is 18.4 Å². The fraction of sp³-hybridized carbons (Fsp3) is 0.500. The number of pyridine rings is 1. The van der Waals surface area contributed by atoms with Crippen LogP contribution >= 0.6 is 0 Å². The van der Waals surface area contributed by atoms with E-state index >= 15 is 0 Å². The maximum absolute atomic E-state index is 13.9. The number of hydrogen-bond donors (Lipinski definition) is 2. The van der Waals surface area contributed by atoms with E-state index in [0.717, 1.165) is 5.56 Å². The number of halogens is 2. The number of aromatic nitrogens is 3. The Kier molecular flexibility index (Phi) is 7.79.